The number of aromatic nitrogens is 3. The second-order valence-corrected chi connectivity index (χ2v) is 9.81. The van der Waals surface area contributed by atoms with Crippen molar-refractivity contribution in [3.63, 3.8) is 0 Å². The van der Waals surface area contributed by atoms with E-state index in [0.29, 0.717) is 0 Å². The van der Waals surface area contributed by atoms with Crippen LogP contribution >= 0.6 is 0 Å². The summed E-state index contributed by atoms with van der Waals surface area (Å²) in [4.78, 5) is 3.03. The fourth-order valence-corrected chi connectivity index (χ4v) is 6.86. The van der Waals surface area contributed by atoms with Crippen LogP contribution in [-0.2, 0) is 15.2 Å². The molecule has 6 aromatic rings. The summed E-state index contributed by atoms with van der Waals surface area (Å²) in [6.07, 6.45) is -2.27. The van der Waals surface area contributed by atoms with Crippen molar-refractivity contribution in [1.29, 1.82) is 0 Å². The van der Waals surface area contributed by atoms with Crippen molar-refractivity contribution in [2.24, 2.45) is 0 Å². The van der Waals surface area contributed by atoms with E-state index in [1.54, 1.807) is 0 Å². The first-order chi connectivity index (χ1) is 17.0. The van der Waals surface area contributed by atoms with E-state index in [-0.39, 0.29) is 5.88 Å². The van der Waals surface area contributed by atoms with E-state index >= 15 is 0 Å². The van der Waals surface area contributed by atoms with Crippen molar-refractivity contribution in [3.05, 3.63) is 54.7 Å². The Kier molecular flexibility index (Phi) is 3.47. The molecule has 0 radical (unpaired) electrons. The molecule has 0 saturated carbocycles. The SMILES string of the molecule is CO[C@@H]1[C@@H](O)[C@@H](O)[C@H]2O[C@]1(C)n1c3ccccc3c3c4c[nH]c(O)c4c4c5ccccc5n2c4c31. The first-order valence-electron chi connectivity index (χ1n) is 11.7. The van der Waals surface area contributed by atoms with Crippen LogP contribution in [0.5, 0.6) is 5.88 Å². The van der Waals surface area contributed by atoms with Crippen LogP contribution in [0.1, 0.15) is 13.2 Å². The smallest absolute Gasteiger partial charge is 0.197 e. The molecule has 0 unspecified atom stereocenters. The quantitative estimate of drug-likeness (QED) is 0.291. The second kappa shape index (κ2) is 6.16. The standard InChI is InChI=1S/C27H23N3O5/c1-27-24(34-2)22(31)23(32)26(35-27)29-15-9-5-3-7-12(15)18-19-14(11-28-25(19)33)17-13-8-4-6-10-16(13)30(27)21(17)20(18)29/h3-11,22-24,26,28,31-33H,1-2H3/t22-,23+,24+,26+,27-/m0/s1. The molecule has 3 aromatic heterocycles. The largest absolute Gasteiger partial charge is 0.494 e. The lowest BCUT2D eigenvalue weighted by Gasteiger charge is -2.48. The molecule has 4 N–H and O–H groups in total. The van der Waals surface area contributed by atoms with Crippen LogP contribution in [0.2, 0.25) is 0 Å². The Labute approximate surface area is 198 Å². The maximum Gasteiger partial charge on any atom is 0.197 e. The molecular formula is C27H23N3O5. The Bertz CT molecular complexity index is 1860. The van der Waals surface area contributed by atoms with Gasteiger partial charge in [-0.3, -0.25) is 0 Å². The first kappa shape index (κ1) is 19.7. The molecule has 8 nitrogen and oxygen atoms in total. The van der Waals surface area contributed by atoms with Gasteiger partial charge in [-0.05, 0) is 19.1 Å². The van der Waals surface area contributed by atoms with E-state index in [0.717, 1.165) is 54.4 Å². The molecule has 8 heteroatoms. The summed E-state index contributed by atoms with van der Waals surface area (Å²) in [6, 6.07) is 16.0. The van der Waals surface area contributed by atoms with Crippen LogP contribution < -0.4 is 0 Å². The number of rotatable bonds is 1. The second-order valence-electron chi connectivity index (χ2n) is 9.81. The van der Waals surface area contributed by atoms with E-state index in [9.17, 15) is 15.3 Å². The maximum atomic E-state index is 11.3. The Morgan fingerprint density at radius 2 is 1.57 bits per heavy atom. The van der Waals surface area contributed by atoms with Gasteiger partial charge in [-0.2, -0.15) is 0 Å². The van der Waals surface area contributed by atoms with Gasteiger partial charge in [-0.25, -0.2) is 0 Å². The monoisotopic (exact) mass is 469 g/mol. The van der Waals surface area contributed by atoms with E-state index in [1.165, 1.54) is 7.11 Å². The summed E-state index contributed by atoms with van der Waals surface area (Å²) in [5.41, 5.74) is 2.40. The summed E-state index contributed by atoms with van der Waals surface area (Å²) in [5.74, 6) is 0.0938. The summed E-state index contributed by atoms with van der Waals surface area (Å²) >= 11 is 0. The molecular weight excluding hydrogens is 446 g/mol. The number of para-hydroxylation sites is 2. The number of H-pyrrole nitrogens is 1. The molecule has 2 aliphatic rings. The molecule has 0 spiro atoms. The highest BCUT2D eigenvalue weighted by Crippen LogP contribution is 2.54. The molecule has 35 heavy (non-hydrogen) atoms. The topological polar surface area (TPSA) is 105 Å². The number of nitrogens with one attached hydrogen (secondary N) is 1. The molecule has 5 atom stereocenters. The lowest BCUT2D eigenvalue weighted by atomic mass is 9.93. The Morgan fingerprint density at radius 3 is 2.31 bits per heavy atom. The van der Waals surface area contributed by atoms with Gasteiger partial charge in [0.05, 0.1) is 27.5 Å². The molecule has 0 aliphatic carbocycles. The number of aromatic hydroxyl groups is 1. The number of hydrogen-bond donors (Lipinski definition) is 4. The fraction of sp³-hybridized carbons (Fsp3) is 0.259. The lowest BCUT2D eigenvalue weighted by molar-refractivity contribution is -0.314. The molecule has 0 amide bonds. The summed E-state index contributed by atoms with van der Waals surface area (Å²) in [5, 5.41) is 39.1. The number of benzene rings is 3. The zero-order chi connectivity index (χ0) is 23.8. The third-order valence-electron chi connectivity index (χ3n) is 8.18. The Morgan fingerprint density at radius 1 is 0.886 bits per heavy atom. The van der Waals surface area contributed by atoms with E-state index in [4.69, 9.17) is 9.47 Å². The molecule has 8 rings (SSSR count). The van der Waals surface area contributed by atoms with Gasteiger partial charge in [-0.15, -0.1) is 0 Å². The molecule has 5 heterocycles. The van der Waals surface area contributed by atoms with Gasteiger partial charge in [0.25, 0.3) is 0 Å². The van der Waals surface area contributed by atoms with Crippen LogP contribution in [0.25, 0.3) is 54.4 Å². The summed E-state index contributed by atoms with van der Waals surface area (Å²) in [7, 11) is 1.53. The highest BCUT2D eigenvalue weighted by atomic mass is 16.6. The zero-order valence-corrected chi connectivity index (χ0v) is 19.1. The molecule has 176 valence electrons. The van der Waals surface area contributed by atoms with Crippen LogP contribution in [0.3, 0.4) is 0 Å². The summed E-state index contributed by atoms with van der Waals surface area (Å²) < 4.78 is 16.7. The van der Waals surface area contributed by atoms with Crippen molar-refractivity contribution in [2.45, 2.75) is 37.2 Å². The van der Waals surface area contributed by atoms with Gasteiger partial charge in [0.2, 0.25) is 0 Å². The van der Waals surface area contributed by atoms with Gasteiger partial charge < -0.3 is 38.9 Å². The van der Waals surface area contributed by atoms with Crippen molar-refractivity contribution in [3.8, 4) is 5.88 Å². The Hall–Kier alpha value is -3.56. The molecule has 1 fully saturated rings. The lowest BCUT2D eigenvalue weighted by Crippen LogP contribution is -2.62. The van der Waals surface area contributed by atoms with Crippen LogP contribution in [0.15, 0.2) is 54.7 Å². The van der Waals surface area contributed by atoms with E-state index in [1.807, 2.05) is 60.2 Å². The summed E-state index contributed by atoms with van der Waals surface area (Å²) in [6.45, 7) is 1.91. The number of nitrogens with zero attached hydrogens (tertiary/aromatic N) is 2. The fourth-order valence-electron chi connectivity index (χ4n) is 6.86. The van der Waals surface area contributed by atoms with Crippen molar-refractivity contribution < 1.29 is 24.8 Å². The van der Waals surface area contributed by atoms with Gasteiger partial charge in [-0.1, -0.05) is 36.4 Å². The minimum atomic E-state index is -1.23. The van der Waals surface area contributed by atoms with Crippen LogP contribution in [0.4, 0.5) is 0 Å². The maximum absolute atomic E-state index is 11.3. The van der Waals surface area contributed by atoms with Gasteiger partial charge >= 0.3 is 0 Å². The van der Waals surface area contributed by atoms with Gasteiger partial charge in [0.1, 0.15) is 18.3 Å². The number of methoxy groups -OCH3 is 1. The third-order valence-corrected chi connectivity index (χ3v) is 8.18. The number of aromatic amines is 1. The highest BCUT2D eigenvalue weighted by Gasteiger charge is 2.56. The highest BCUT2D eigenvalue weighted by molar-refractivity contribution is 6.36. The van der Waals surface area contributed by atoms with Gasteiger partial charge in [0, 0.05) is 40.2 Å². The molecule has 2 bridgehead atoms. The normalized spacial score (nSPS) is 28.2. The number of aliphatic hydroxyl groups excluding tert-OH is 2. The molecule has 1 saturated heterocycles. The number of hydrogen-bond acceptors (Lipinski definition) is 5. The van der Waals surface area contributed by atoms with Crippen LogP contribution in [0, 0.1) is 0 Å². The third kappa shape index (κ3) is 2.02. The van der Waals surface area contributed by atoms with Gasteiger partial charge in [0.15, 0.2) is 17.8 Å². The molecule has 2 aliphatic heterocycles. The number of aliphatic hydroxyl groups is 2. The Balaban J connectivity index is 1.78. The average Bonchev–Trinajstić information content (AvgIpc) is 3.49. The number of ether oxygens (including phenoxy) is 2. The predicted molar refractivity (Wildman–Crippen MR) is 133 cm³/mol. The van der Waals surface area contributed by atoms with Crippen molar-refractivity contribution >= 4 is 54.4 Å². The average molecular weight is 469 g/mol. The minimum absolute atomic E-state index is 0.0938. The van der Waals surface area contributed by atoms with Crippen molar-refractivity contribution in [2.75, 3.05) is 7.11 Å². The predicted octanol–water partition coefficient (Wildman–Crippen LogP) is 4.04. The first-order valence-corrected chi connectivity index (χ1v) is 11.7. The molecule has 3 aromatic carbocycles. The van der Waals surface area contributed by atoms with Crippen molar-refractivity contribution in [1.82, 2.24) is 14.1 Å². The zero-order valence-electron chi connectivity index (χ0n) is 19.1. The van der Waals surface area contributed by atoms with E-state index in [2.05, 4.69) is 15.6 Å². The number of fused-ring (bicyclic) bond motifs is 13. The van der Waals surface area contributed by atoms with Crippen LogP contribution in [-0.4, -0.2) is 54.9 Å². The van der Waals surface area contributed by atoms with E-state index < -0.39 is 30.3 Å². The minimum Gasteiger partial charge on any atom is -0.494 e.